The molecule has 3 nitrogen and oxygen atoms in total. The fourth-order valence-electron chi connectivity index (χ4n) is 2.04. The van der Waals surface area contributed by atoms with E-state index in [0.29, 0.717) is 10.4 Å². The van der Waals surface area contributed by atoms with Gasteiger partial charge in [-0.1, -0.05) is 18.2 Å². The van der Waals surface area contributed by atoms with E-state index in [9.17, 15) is 18.0 Å². The Morgan fingerprint density at radius 1 is 0.960 bits per heavy atom. The average Bonchev–Trinajstić information content (AvgIpc) is 3.09. The molecule has 2 aromatic carbocycles. The summed E-state index contributed by atoms with van der Waals surface area (Å²) >= 11 is 1.23. The van der Waals surface area contributed by atoms with Gasteiger partial charge in [-0.05, 0) is 47.5 Å². The Hall–Kier alpha value is -2.93. The van der Waals surface area contributed by atoms with Crippen LogP contribution in [0.5, 0.6) is 0 Å². The van der Waals surface area contributed by atoms with Gasteiger partial charge in [0.15, 0.2) is 11.6 Å². The highest BCUT2D eigenvalue weighted by atomic mass is 32.1. The maximum atomic E-state index is 13.1. The molecule has 0 radical (unpaired) electrons. The molecule has 3 aromatic rings. The summed E-state index contributed by atoms with van der Waals surface area (Å²) in [6.07, 6.45) is 1.22. The summed E-state index contributed by atoms with van der Waals surface area (Å²) in [6, 6.07) is 12.6. The van der Waals surface area contributed by atoms with Crippen LogP contribution in [0, 0.1) is 17.5 Å². The number of carbonyl (C=O) groups is 1. The zero-order chi connectivity index (χ0) is 17.8. The van der Waals surface area contributed by atoms with Gasteiger partial charge in [-0.2, -0.15) is 5.10 Å². The lowest BCUT2D eigenvalue weighted by molar-refractivity contribution is 0.0959. The number of benzene rings is 2. The Morgan fingerprint density at radius 3 is 2.44 bits per heavy atom. The smallest absolute Gasteiger partial charge is 0.266 e. The number of rotatable bonds is 4. The van der Waals surface area contributed by atoms with Crippen LogP contribution in [0.4, 0.5) is 13.2 Å². The lowest BCUT2D eigenvalue weighted by Gasteiger charge is -1.98. The number of nitrogens with one attached hydrogen (secondary N) is 1. The Morgan fingerprint density at radius 2 is 1.72 bits per heavy atom. The molecule has 0 aliphatic rings. The first-order valence-corrected chi connectivity index (χ1v) is 7.99. The minimum absolute atomic E-state index is 0.317. The topological polar surface area (TPSA) is 41.5 Å². The molecule has 0 saturated heterocycles. The van der Waals surface area contributed by atoms with E-state index in [-0.39, 0.29) is 5.82 Å². The molecule has 0 aliphatic heterocycles. The largest absolute Gasteiger partial charge is 0.281 e. The van der Waals surface area contributed by atoms with Gasteiger partial charge >= 0.3 is 0 Å². The third-order valence-electron chi connectivity index (χ3n) is 3.28. The van der Waals surface area contributed by atoms with Crippen molar-refractivity contribution < 1.29 is 18.0 Å². The molecule has 1 N–H and O–H groups in total. The summed E-state index contributed by atoms with van der Waals surface area (Å²) < 4.78 is 38.8. The van der Waals surface area contributed by atoms with E-state index >= 15 is 0 Å². The molecule has 25 heavy (non-hydrogen) atoms. The Kier molecular flexibility index (Phi) is 4.95. The summed E-state index contributed by atoms with van der Waals surface area (Å²) in [4.78, 5) is 13.3. The van der Waals surface area contributed by atoms with Crippen LogP contribution in [0.15, 0.2) is 59.7 Å². The minimum atomic E-state index is -0.988. The first kappa shape index (κ1) is 16.9. The van der Waals surface area contributed by atoms with Crippen LogP contribution in [-0.4, -0.2) is 12.1 Å². The van der Waals surface area contributed by atoms with Crippen molar-refractivity contribution >= 4 is 23.5 Å². The lowest BCUT2D eigenvalue weighted by atomic mass is 10.2. The molecule has 1 amide bonds. The molecular formula is C18H11F3N2OS. The van der Waals surface area contributed by atoms with Crippen LogP contribution in [-0.2, 0) is 0 Å². The Bertz CT molecular complexity index is 936. The zero-order valence-electron chi connectivity index (χ0n) is 12.7. The highest BCUT2D eigenvalue weighted by molar-refractivity contribution is 7.17. The third-order valence-corrected chi connectivity index (χ3v) is 4.41. The number of thiophene rings is 1. The average molecular weight is 360 g/mol. The second-order valence-corrected chi connectivity index (χ2v) is 6.13. The van der Waals surface area contributed by atoms with E-state index in [2.05, 4.69) is 10.5 Å². The standard InChI is InChI=1S/C18H11F3N2OS/c19-13-4-2-12(3-5-13)16-7-8-17(25-16)18(24)23-22-10-11-1-6-14(20)15(21)9-11/h1-10H,(H,23,24)/b22-10-. The van der Waals surface area contributed by atoms with Crippen LogP contribution >= 0.6 is 11.3 Å². The van der Waals surface area contributed by atoms with Crippen molar-refractivity contribution in [2.24, 2.45) is 5.10 Å². The first-order chi connectivity index (χ1) is 12.0. The van der Waals surface area contributed by atoms with Gasteiger partial charge in [0.25, 0.3) is 5.91 Å². The molecule has 0 atom stereocenters. The molecule has 0 spiro atoms. The molecule has 0 aliphatic carbocycles. The molecule has 7 heteroatoms. The molecular weight excluding hydrogens is 349 g/mol. The van der Waals surface area contributed by atoms with E-state index in [1.807, 2.05) is 0 Å². The van der Waals surface area contributed by atoms with E-state index in [1.54, 1.807) is 24.3 Å². The molecule has 0 unspecified atom stereocenters. The van der Waals surface area contributed by atoms with Crippen molar-refractivity contribution in [3.63, 3.8) is 0 Å². The summed E-state index contributed by atoms with van der Waals surface area (Å²) in [6.45, 7) is 0. The monoisotopic (exact) mass is 360 g/mol. The van der Waals surface area contributed by atoms with Crippen LogP contribution in [0.25, 0.3) is 10.4 Å². The van der Waals surface area contributed by atoms with Gasteiger partial charge in [0.2, 0.25) is 0 Å². The van der Waals surface area contributed by atoms with Gasteiger partial charge in [0, 0.05) is 4.88 Å². The maximum Gasteiger partial charge on any atom is 0.281 e. The highest BCUT2D eigenvalue weighted by Gasteiger charge is 2.09. The number of carbonyl (C=O) groups excluding carboxylic acids is 1. The fourth-order valence-corrected chi connectivity index (χ4v) is 2.94. The van der Waals surface area contributed by atoms with Crippen molar-refractivity contribution in [2.45, 2.75) is 0 Å². The summed E-state index contributed by atoms with van der Waals surface area (Å²) in [5, 5.41) is 3.73. The normalized spacial score (nSPS) is 11.0. The predicted molar refractivity (Wildman–Crippen MR) is 91.1 cm³/mol. The van der Waals surface area contributed by atoms with Gasteiger partial charge < -0.3 is 0 Å². The quantitative estimate of drug-likeness (QED) is 0.536. The van der Waals surface area contributed by atoms with Gasteiger partial charge in [-0.15, -0.1) is 11.3 Å². The number of amides is 1. The summed E-state index contributed by atoms with van der Waals surface area (Å²) in [7, 11) is 0. The van der Waals surface area contributed by atoms with Crippen molar-refractivity contribution in [3.8, 4) is 10.4 Å². The van der Waals surface area contributed by atoms with Gasteiger partial charge in [0.1, 0.15) is 5.82 Å². The molecule has 0 fully saturated rings. The van der Waals surface area contributed by atoms with Crippen LogP contribution in [0.3, 0.4) is 0 Å². The van der Waals surface area contributed by atoms with Crippen LogP contribution in [0.1, 0.15) is 15.2 Å². The van der Waals surface area contributed by atoms with Gasteiger partial charge in [-0.3, -0.25) is 4.79 Å². The number of hydrogen-bond donors (Lipinski definition) is 1. The minimum Gasteiger partial charge on any atom is -0.266 e. The van der Waals surface area contributed by atoms with Gasteiger partial charge in [0.05, 0.1) is 11.1 Å². The number of hydrazone groups is 1. The third kappa shape index (κ3) is 4.13. The first-order valence-electron chi connectivity index (χ1n) is 7.17. The second kappa shape index (κ2) is 7.31. The van der Waals surface area contributed by atoms with Crippen molar-refractivity contribution in [1.29, 1.82) is 0 Å². The molecule has 1 aromatic heterocycles. The SMILES string of the molecule is O=C(N/N=C\c1ccc(F)c(F)c1)c1ccc(-c2ccc(F)cc2)s1. The highest BCUT2D eigenvalue weighted by Crippen LogP contribution is 2.28. The van der Waals surface area contributed by atoms with Crippen molar-refractivity contribution in [3.05, 3.63) is 82.5 Å². The Balaban J connectivity index is 1.66. The lowest BCUT2D eigenvalue weighted by Crippen LogP contribution is -2.16. The van der Waals surface area contributed by atoms with Gasteiger partial charge in [-0.25, -0.2) is 18.6 Å². The number of hydrogen-bond acceptors (Lipinski definition) is 3. The number of halogens is 3. The molecule has 0 bridgehead atoms. The van der Waals surface area contributed by atoms with E-state index < -0.39 is 17.5 Å². The fraction of sp³-hybridized carbons (Fsp3) is 0. The molecule has 1 heterocycles. The van der Waals surface area contributed by atoms with E-state index in [1.165, 1.54) is 35.8 Å². The van der Waals surface area contributed by atoms with Crippen LogP contribution < -0.4 is 5.43 Å². The molecule has 3 rings (SSSR count). The summed E-state index contributed by atoms with van der Waals surface area (Å²) in [5.74, 6) is -2.70. The van der Waals surface area contributed by atoms with Crippen molar-refractivity contribution in [2.75, 3.05) is 0 Å². The van der Waals surface area contributed by atoms with Crippen molar-refractivity contribution in [1.82, 2.24) is 5.43 Å². The zero-order valence-corrected chi connectivity index (χ0v) is 13.5. The molecule has 126 valence electrons. The van der Waals surface area contributed by atoms with E-state index in [0.717, 1.165) is 22.6 Å². The van der Waals surface area contributed by atoms with Crippen LogP contribution in [0.2, 0.25) is 0 Å². The number of nitrogens with zero attached hydrogens (tertiary/aromatic N) is 1. The van der Waals surface area contributed by atoms with E-state index in [4.69, 9.17) is 0 Å². The Labute approximate surface area is 145 Å². The summed E-state index contributed by atoms with van der Waals surface area (Å²) in [5.41, 5.74) is 3.44. The predicted octanol–water partition coefficient (Wildman–Crippen LogP) is 4.60. The second-order valence-electron chi connectivity index (χ2n) is 5.04. The maximum absolute atomic E-state index is 13.1. The molecule has 0 saturated carbocycles.